The Morgan fingerprint density at radius 1 is 1.21 bits per heavy atom. The van der Waals surface area contributed by atoms with E-state index in [4.69, 9.17) is 0 Å². The van der Waals surface area contributed by atoms with E-state index in [2.05, 4.69) is 19.8 Å². The van der Waals surface area contributed by atoms with Crippen LogP contribution in [-0.4, -0.2) is 47.1 Å². The van der Waals surface area contributed by atoms with Crippen LogP contribution in [0, 0.1) is 0 Å². The van der Waals surface area contributed by atoms with E-state index in [1.165, 1.54) is 25.9 Å². The molecule has 1 aliphatic heterocycles. The summed E-state index contributed by atoms with van der Waals surface area (Å²) in [6, 6.07) is 0.911. The van der Waals surface area contributed by atoms with Gasteiger partial charge in [-0.1, -0.05) is 0 Å². The third-order valence-corrected chi connectivity index (χ3v) is 3.16. The summed E-state index contributed by atoms with van der Waals surface area (Å²) in [4.78, 5) is 12.4. The smallest absolute Gasteiger partial charge is 0.202 e. The van der Waals surface area contributed by atoms with Gasteiger partial charge in [-0.15, -0.1) is 0 Å². The molecule has 14 heavy (non-hydrogen) atoms. The maximum atomic E-state index is 4.28. The molecule has 0 radical (unpaired) electrons. The van der Waals surface area contributed by atoms with Crippen LogP contribution in [0.25, 0.3) is 0 Å². The molecule has 3 rings (SSSR count). The van der Waals surface area contributed by atoms with Gasteiger partial charge < -0.3 is 9.88 Å². The molecule has 0 atom stereocenters. The third-order valence-electron chi connectivity index (χ3n) is 3.16. The van der Waals surface area contributed by atoms with Crippen LogP contribution < -0.4 is 4.90 Å². The number of aromatic nitrogens is 2. The van der Waals surface area contributed by atoms with Crippen molar-refractivity contribution in [2.45, 2.75) is 18.9 Å². The second kappa shape index (κ2) is 3.28. The minimum Gasteiger partial charge on any atom is -0.340 e. The predicted octanol–water partition coefficient (Wildman–Crippen LogP) is 0.694. The van der Waals surface area contributed by atoms with E-state index >= 15 is 0 Å². The van der Waals surface area contributed by atoms with E-state index in [0.29, 0.717) is 0 Å². The first-order valence-electron chi connectivity index (χ1n) is 5.42. The molecular weight excluding hydrogens is 176 g/mol. The molecule has 0 amide bonds. The van der Waals surface area contributed by atoms with Crippen LogP contribution in [0.4, 0.5) is 5.95 Å². The van der Waals surface area contributed by atoms with Gasteiger partial charge in [0.2, 0.25) is 5.95 Å². The van der Waals surface area contributed by atoms with E-state index in [1.54, 1.807) is 0 Å². The standard InChI is InChI=1S/C10H16N4/c1-2-9(1)13-5-7-14(8-6-13)10-11-3-4-12-10/h3-4,9H,1-2,5-8H2,(H,11,12). The maximum absolute atomic E-state index is 4.28. The normalized spacial score (nSPS) is 24.1. The number of aromatic amines is 1. The zero-order valence-electron chi connectivity index (χ0n) is 8.32. The largest absolute Gasteiger partial charge is 0.340 e. The van der Waals surface area contributed by atoms with E-state index < -0.39 is 0 Å². The summed E-state index contributed by atoms with van der Waals surface area (Å²) in [6.07, 6.45) is 6.55. The van der Waals surface area contributed by atoms with Gasteiger partial charge in [0, 0.05) is 44.6 Å². The molecule has 1 saturated carbocycles. The zero-order valence-corrected chi connectivity index (χ0v) is 8.32. The second-order valence-corrected chi connectivity index (χ2v) is 4.17. The molecule has 1 aliphatic carbocycles. The Morgan fingerprint density at radius 3 is 2.57 bits per heavy atom. The molecule has 76 valence electrons. The zero-order chi connectivity index (χ0) is 9.38. The fourth-order valence-corrected chi connectivity index (χ4v) is 2.17. The Labute approximate surface area is 83.9 Å². The average Bonchev–Trinajstić information content (AvgIpc) is 2.94. The Balaban J connectivity index is 1.59. The molecule has 0 aromatic carbocycles. The van der Waals surface area contributed by atoms with Gasteiger partial charge in [-0.25, -0.2) is 4.98 Å². The summed E-state index contributed by atoms with van der Waals surface area (Å²) in [5.74, 6) is 1.03. The van der Waals surface area contributed by atoms with Gasteiger partial charge in [-0.05, 0) is 12.8 Å². The molecule has 0 bridgehead atoms. The molecule has 4 nitrogen and oxygen atoms in total. The highest BCUT2D eigenvalue weighted by Crippen LogP contribution is 2.27. The van der Waals surface area contributed by atoms with Crippen LogP contribution in [0.15, 0.2) is 12.4 Å². The SMILES string of the molecule is c1c[nH]c(N2CCN(C3CC3)CC2)n1. The summed E-state index contributed by atoms with van der Waals surface area (Å²) in [5.41, 5.74) is 0. The molecule has 2 heterocycles. The number of rotatable bonds is 2. The molecule has 1 saturated heterocycles. The maximum Gasteiger partial charge on any atom is 0.202 e. The second-order valence-electron chi connectivity index (χ2n) is 4.17. The van der Waals surface area contributed by atoms with Crippen LogP contribution in [0.1, 0.15) is 12.8 Å². The van der Waals surface area contributed by atoms with Crippen molar-refractivity contribution in [3.63, 3.8) is 0 Å². The van der Waals surface area contributed by atoms with Crippen LogP contribution in [-0.2, 0) is 0 Å². The van der Waals surface area contributed by atoms with Gasteiger partial charge in [-0.3, -0.25) is 4.90 Å². The first-order chi connectivity index (χ1) is 6.93. The minimum absolute atomic E-state index is 0.911. The van der Waals surface area contributed by atoms with Crippen molar-refractivity contribution in [2.24, 2.45) is 0 Å². The summed E-state index contributed by atoms with van der Waals surface area (Å²) in [6.45, 7) is 4.63. The molecule has 1 N–H and O–H groups in total. The van der Waals surface area contributed by atoms with Crippen LogP contribution in [0.2, 0.25) is 0 Å². The highest BCUT2D eigenvalue weighted by Gasteiger charge is 2.31. The molecule has 2 fully saturated rings. The van der Waals surface area contributed by atoms with E-state index in [1.807, 2.05) is 12.4 Å². The molecule has 2 aliphatic rings. The van der Waals surface area contributed by atoms with Crippen molar-refractivity contribution in [1.29, 1.82) is 0 Å². The van der Waals surface area contributed by atoms with E-state index in [9.17, 15) is 0 Å². The van der Waals surface area contributed by atoms with Crippen molar-refractivity contribution in [2.75, 3.05) is 31.1 Å². The third kappa shape index (κ3) is 1.50. The van der Waals surface area contributed by atoms with Gasteiger partial charge >= 0.3 is 0 Å². The highest BCUT2D eigenvalue weighted by atomic mass is 15.3. The molecule has 0 spiro atoms. The number of H-pyrrole nitrogens is 1. The lowest BCUT2D eigenvalue weighted by molar-refractivity contribution is 0.247. The number of hydrogen-bond donors (Lipinski definition) is 1. The van der Waals surface area contributed by atoms with Gasteiger partial charge in [0.05, 0.1) is 0 Å². The predicted molar refractivity (Wildman–Crippen MR) is 55.4 cm³/mol. The van der Waals surface area contributed by atoms with Crippen LogP contribution in [0.3, 0.4) is 0 Å². The number of anilines is 1. The van der Waals surface area contributed by atoms with E-state index in [0.717, 1.165) is 25.1 Å². The summed E-state index contributed by atoms with van der Waals surface area (Å²) >= 11 is 0. The monoisotopic (exact) mass is 192 g/mol. The fourth-order valence-electron chi connectivity index (χ4n) is 2.17. The number of nitrogens with zero attached hydrogens (tertiary/aromatic N) is 3. The lowest BCUT2D eigenvalue weighted by Crippen LogP contribution is -2.47. The average molecular weight is 192 g/mol. The first-order valence-corrected chi connectivity index (χ1v) is 5.42. The molecule has 1 aromatic heterocycles. The van der Waals surface area contributed by atoms with Crippen LogP contribution >= 0.6 is 0 Å². The van der Waals surface area contributed by atoms with Crippen molar-refractivity contribution in [3.8, 4) is 0 Å². The first kappa shape index (κ1) is 8.29. The summed E-state index contributed by atoms with van der Waals surface area (Å²) in [7, 11) is 0. The number of piperazine rings is 1. The number of imidazole rings is 1. The van der Waals surface area contributed by atoms with Gasteiger partial charge in [-0.2, -0.15) is 0 Å². The van der Waals surface area contributed by atoms with Crippen molar-refractivity contribution < 1.29 is 0 Å². The molecule has 0 unspecified atom stereocenters. The van der Waals surface area contributed by atoms with Gasteiger partial charge in [0.1, 0.15) is 0 Å². The lowest BCUT2D eigenvalue weighted by atomic mass is 10.3. The Bertz CT molecular complexity index is 283. The topological polar surface area (TPSA) is 35.2 Å². The number of hydrogen-bond acceptors (Lipinski definition) is 3. The lowest BCUT2D eigenvalue weighted by Gasteiger charge is -2.34. The minimum atomic E-state index is 0.911. The summed E-state index contributed by atoms with van der Waals surface area (Å²) < 4.78 is 0. The van der Waals surface area contributed by atoms with Crippen molar-refractivity contribution in [3.05, 3.63) is 12.4 Å². The Kier molecular flexibility index (Phi) is 1.94. The van der Waals surface area contributed by atoms with Gasteiger partial charge in [0.25, 0.3) is 0 Å². The summed E-state index contributed by atoms with van der Waals surface area (Å²) in [5, 5.41) is 0. The Morgan fingerprint density at radius 2 is 2.00 bits per heavy atom. The quantitative estimate of drug-likeness (QED) is 0.749. The molecular formula is C10H16N4. The van der Waals surface area contributed by atoms with Crippen molar-refractivity contribution in [1.82, 2.24) is 14.9 Å². The Hall–Kier alpha value is -1.03. The molecule has 1 aromatic rings. The van der Waals surface area contributed by atoms with E-state index in [-0.39, 0.29) is 0 Å². The van der Waals surface area contributed by atoms with Gasteiger partial charge in [0.15, 0.2) is 0 Å². The number of nitrogens with one attached hydrogen (secondary N) is 1. The van der Waals surface area contributed by atoms with Crippen molar-refractivity contribution >= 4 is 5.95 Å². The van der Waals surface area contributed by atoms with Crippen LogP contribution in [0.5, 0.6) is 0 Å². The fraction of sp³-hybridized carbons (Fsp3) is 0.700. The highest BCUT2D eigenvalue weighted by molar-refractivity contribution is 5.29. The molecule has 4 heteroatoms.